The fraction of sp³-hybridized carbons (Fsp3) is 0.0909. The summed E-state index contributed by atoms with van der Waals surface area (Å²) in [5.41, 5.74) is 2.36. The van der Waals surface area contributed by atoms with Crippen LogP contribution in [-0.2, 0) is 4.79 Å². The Kier molecular flexibility index (Phi) is 6.75. The number of carbonyl (C=O) groups excluding carboxylic acids is 2. The van der Waals surface area contributed by atoms with Crippen molar-refractivity contribution in [2.75, 3.05) is 29.1 Å². The predicted molar refractivity (Wildman–Crippen MR) is 119 cm³/mol. The van der Waals surface area contributed by atoms with Gasteiger partial charge in [-0.3, -0.25) is 9.59 Å². The molecule has 0 heterocycles. The van der Waals surface area contributed by atoms with Crippen molar-refractivity contribution in [3.63, 3.8) is 0 Å². The van der Waals surface area contributed by atoms with Crippen LogP contribution in [0.2, 0.25) is 10.0 Å². The van der Waals surface area contributed by atoms with Gasteiger partial charge in [0, 0.05) is 29.0 Å². The van der Waals surface area contributed by atoms with Gasteiger partial charge in [-0.15, -0.1) is 0 Å². The van der Waals surface area contributed by atoms with Crippen LogP contribution >= 0.6 is 23.2 Å². The lowest BCUT2D eigenvalue weighted by atomic mass is 10.1. The van der Waals surface area contributed by atoms with E-state index in [0.717, 1.165) is 5.69 Å². The summed E-state index contributed by atoms with van der Waals surface area (Å²) in [6.45, 7) is 0.00214. The highest BCUT2D eigenvalue weighted by Crippen LogP contribution is 2.25. The Hall–Kier alpha value is -3.02. The molecule has 0 unspecified atom stereocenters. The van der Waals surface area contributed by atoms with E-state index in [1.807, 2.05) is 30.3 Å². The lowest BCUT2D eigenvalue weighted by Gasteiger charge is -2.18. The minimum Gasteiger partial charge on any atom is -0.375 e. The molecule has 0 saturated carbocycles. The monoisotopic (exact) mass is 427 g/mol. The minimum absolute atomic E-state index is 0.00214. The van der Waals surface area contributed by atoms with Crippen LogP contribution in [0.3, 0.4) is 0 Å². The van der Waals surface area contributed by atoms with Crippen molar-refractivity contribution in [1.29, 1.82) is 0 Å². The number of para-hydroxylation sites is 1. The third kappa shape index (κ3) is 5.50. The van der Waals surface area contributed by atoms with Gasteiger partial charge in [-0.1, -0.05) is 47.5 Å². The average Bonchev–Trinajstić information content (AvgIpc) is 2.74. The zero-order valence-electron chi connectivity index (χ0n) is 15.7. The molecule has 0 fully saturated rings. The molecule has 0 aromatic heterocycles. The molecule has 0 aliphatic rings. The Labute approximate surface area is 179 Å². The van der Waals surface area contributed by atoms with Gasteiger partial charge in [0.25, 0.3) is 5.91 Å². The first kappa shape index (κ1) is 20.7. The zero-order chi connectivity index (χ0) is 20.8. The second-order valence-corrected chi connectivity index (χ2v) is 7.15. The molecule has 3 aromatic rings. The van der Waals surface area contributed by atoms with Crippen molar-refractivity contribution in [2.24, 2.45) is 0 Å². The van der Waals surface area contributed by atoms with Gasteiger partial charge < -0.3 is 15.5 Å². The maximum absolute atomic E-state index is 12.7. The van der Waals surface area contributed by atoms with Crippen molar-refractivity contribution in [1.82, 2.24) is 0 Å². The number of nitrogens with zero attached hydrogens (tertiary/aromatic N) is 1. The maximum atomic E-state index is 12.7. The van der Waals surface area contributed by atoms with E-state index in [1.165, 1.54) is 0 Å². The largest absolute Gasteiger partial charge is 0.375 e. The van der Waals surface area contributed by atoms with E-state index >= 15 is 0 Å². The van der Waals surface area contributed by atoms with E-state index in [0.29, 0.717) is 27.0 Å². The standard InChI is InChI=1S/C22H19Cl2N3O2/c1-27(18-8-3-2-4-9-18)22(29)15-6-5-7-17(12-15)26-21(28)14-25-20-13-16(23)10-11-19(20)24/h2-13,25H,14H2,1H3,(H,26,28). The average molecular weight is 428 g/mol. The van der Waals surface area contributed by atoms with Crippen LogP contribution in [-0.4, -0.2) is 25.4 Å². The molecule has 3 rings (SSSR count). The van der Waals surface area contributed by atoms with Gasteiger partial charge in [0.2, 0.25) is 5.91 Å². The van der Waals surface area contributed by atoms with Gasteiger partial charge in [-0.25, -0.2) is 0 Å². The van der Waals surface area contributed by atoms with E-state index in [-0.39, 0.29) is 18.4 Å². The Morgan fingerprint density at radius 3 is 2.45 bits per heavy atom. The number of hydrogen-bond donors (Lipinski definition) is 2. The van der Waals surface area contributed by atoms with E-state index in [4.69, 9.17) is 23.2 Å². The highest BCUT2D eigenvalue weighted by atomic mass is 35.5. The van der Waals surface area contributed by atoms with Crippen LogP contribution in [0.25, 0.3) is 0 Å². The van der Waals surface area contributed by atoms with Crippen LogP contribution in [0.15, 0.2) is 72.8 Å². The van der Waals surface area contributed by atoms with Crippen molar-refractivity contribution >= 4 is 52.1 Å². The number of halogens is 2. The van der Waals surface area contributed by atoms with Crippen molar-refractivity contribution < 1.29 is 9.59 Å². The Morgan fingerprint density at radius 2 is 1.69 bits per heavy atom. The molecule has 5 nitrogen and oxygen atoms in total. The number of hydrogen-bond acceptors (Lipinski definition) is 3. The summed E-state index contributed by atoms with van der Waals surface area (Å²) < 4.78 is 0. The second-order valence-electron chi connectivity index (χ2n) is 6.31. The van der Waals surface area contributed by atoms with E-state index < -0.39 is 0 Å². The molecule has 3 aromatic carbocycles. The van der Waals surface area contributed by atoms with Gasteiger partial charge in [-0.05, 0) is 48.5 Å². The topological polar surface area (TPSA) is 61.4 Å². The number of benzene rings is 3. The molecule has 29 heavy (non-hydrogen) atoms. The summed E-state index contributed by atoms with van der Waals surface area (Å²) in [4.78, 5) is 26.6. The molecule has 0 saturated heterocycles. The fourth-order valence-electron chi connectivity index (χ4n) is 2.71. The highest BCUT2D eigenvalue weighted by Gasteiger charge is 2.14. The van der Waals surface area contributed by atoms with E-state index in [9.17, 15) is 9.59 Å². The minimum atomic E-state index is -0.276. The summed E-state index contributed by atoms with van der Waals surface area (Å²) >= 11 is 12.0. The van der Waals surface area contributed by atoms with Crippen molar-refractivity contribution in [2.45, 2.75) is 0 Å². The number of rotatable bonds is 6. The maximum Gasteiger partial charge on any atom is 0.258 e. The normalized spacial score (nSPS) is 10.3. The number of anilines is 3. The Morgan fingerprint density at radius 1 is 0.931 bits per heavy atom. The molecule has 0 atom stereocenters. The van der Waals surface area contributed by atoms with Gasteiger partial charge in [0.15, 0.2) is 0 Å². The van der Waals surface area contributed by atoms with E-state index in [1.54, 1.807) is 54.4 Å². The highest BCUT2D eigenvalue weighted by molar-refractivity contribution is 6.35. The van der Waals surface area contributed by atoms with Crippen molar-refractivity contribution in [3.05, 3.63) is 88.4 Å². The van der Waals surface area contributed by atoms with Crippen LogP contribution in [0, 0.1) is 0 Å². The van der Waals surface area contributed by atoms with Crippen LogP contribution in [0.5, 0.6) is 0 Å². The number of carbonyl (C=O) groups is 2. The predicted octanol–water partition coefficient (Wildman–Crippen LogP) is 5.32. The summed E-state index contributed by atoms with van der Waals surface area (Å²) in [5, 5.41) is 6.71. The molecule has 0 radical (unpaired) electrons. The first-order valence-electron chi connectivity index (χ1n) is 8.86. The summed E-state index contributed by atoms with van der Waals surface area (Å²) in [5.74, 6) is -0.446. The smallest absolute Gasteiger partial charge is 0.258 e. The molecule has 0 spiro atoms. The molecule has 0 bridgehead atoms. The summed E-state index contributed by atoms with van der Waals surface area (Å²) in [6.07, 6.45) is 0. The SMILES string of the molecule is CN(C(=O)c1cccc(NC(=O)CNc2cc(Cl)ccc2Cl)c1)c1ccccc1. The van der Waals surface area contributed by atoms with Crippen LogP contribution in [0.1, 0.15) is 10.4 Å². The van der Waals surface area contributed by atoms with Gasteiger partial charge in [0.1, 0.15) is 0 Å². The number of nitrogens with one attached hydrogen (secondary N) is 2. The quantitative estimate of drug-likeness (QED) is 0.559. The van der Waals surface area contributed by atoms with E-state index in [2.05, 4.69) is 10.6 Å². The summed E-state index contributed by atoms with van der Waals surface area (Å²) in [6, 6.07) is 21.1. The molecule has 148 valence electrons. The third-order valence-corrected chi connectivity index (χ3v) is 4.77. The third-order valence-electron chi connectivity index (χ3n) is 4.21. The fourth-order valence-corrected chi connectivity index (χ4v) is 3.06. The molecule has 2 N–H and O–H groups in total. The molecular weight excluding hydrogens is 409 g/mol. The number of amides is 2. The van der Waals surface area contributed by atoms with Crippen molar-refractivity contribution in [3.8, 4) is 0 Å². The molecule has 7 heteroatoms. The first-order chi connectivity index (χ1) is 13.9. The second kappa shape index (κ2) is 9.45. The summed E-state index contributed by atoms with van der Waals surface area (Å²) in [7, 11) is 1.71. The molecule has 0 aliphatic heterocycles. The lowest BCUT2D eigenvalue weighted by Crippen LogP contribution is -2.26. The Bertz CT molecular complexity index is 1030. The zero-order valence-corrected chi connectivity index (χ0v) is 17.2. The van der Waals surface area contributed by atoms with Crippen LogP contribution < -0.4 is 15.5 Å². The van der Waals surface area contributed by atoms with Crippen LogP contribution in [0.4, 0.5) is 17.1 Å². The van der Waals surface area contributed by atoms with Gasteiger partial charge in [0.05, 0.1) is 17.3 Å². The first-order valence-corrected chi connectivity index (χ1v) is 9.61. The molecule has 0 aliphatic carbocycles. The van der Waals surface area contributed by atoms with Gasteiger partial charge in [-0.2, -0.15) is 0 Å². The van der Waals surface area contributed by atoms with Gasteiger partial charge >= 0.3 is 0 Å². The molecule has 2 amide bonds. The Balaban J connectivity index is 1.64. The molecular formula is C22H19Cl2N3O2. The lowest BCUT2D eigenvalue weighted by molar-refractivity contribution is -0.114.